The van der Waals surface area contributed by atoms with Crippen molar-refractivity contribution in [3.05, 3.63) is 35.9 Å². The van der Waals surface area contributed by atoms with E-state index in [2.05, 4.69) is 10.6 Å². The van der Waals surface area contributed by atoms with Crippen molar-refractivity contribution in [2.75, 3.05) is 6.54 Å². The lowest BCUT2D eigenvalue weighted by molar-refractivity contribution is -0.148. The summed E-state index contributed by atoms with van der Waals surface area (Å²) in [7, 11) is 0. The molecule has 0 aliphatic carbocycles. The van der Waals surface area contributed by atoms with E-state index in [1.807, 2.05) is 30.3 Å². The standard InChI is InChI=1S/C21H29N3O6/c1-13(23-20(28)30-21(3,4)5)18(26)24-11-16(24)17(25)22-14(2)19(27)29-12-15-9-7-6-8-10-15/h6-10,13-14,16H,11-12H2,1-5H3,(H,22,25)(H,23,28)/t13-,14-,16-,24?/m0/s1. The SMILES string of the molecule is C[C@H](NC(=O)[C@@H]1CN1C(=O)[C@H](C)NC(=O)OC(C)(C)C)C(=O)OCc1ccccc1. The third kappa shape index (κ3) is 7.06. The smallest absolute Gasteiger partial charge is 0.408 e. The van der Waals surface area contributed by atoms with Crippen LogP contribution < -0.4 is 10.6 Å². The minimum atomic E-state index is -0.851. The maximum Gasteiger partial charge on any atom is 0.408 e. The van der Waals surface area contributed by atoms with Crippen LogP contribution in [0.4, 0.5) is 4.79 Å². The van der Waals surface area contributed by atoms with Crippen LogP contribution in [0.15, 0.2) is 30.3 Å². The lowest BCUT2D eigenvalue weighted by atomic mass is 10.2. The predicted molar refractivity (Wildman–Crippen MR) is 108 cm³/mol. The van der Waals surface area contributed by atoms with Gasteiger partial charge in [0.25, 0.3) is 0 Å². The first-order valence-electron chi connectivity index (χ1n) is 9.79. The van der Waals surface area contributed by atoms with E-state index in [1.165, 1.54) is 18.7 Å². The van der Waals surface area contributed by atoms with Gasteiger partial charge in [-0.2, -0.15) is 0 Å². The van der Waals surface area contributed by atoms with Gasteiger partial charge < -0.3 is 25.0 Å². The molecule has 164 valence electrons. The Balaban J connectivity index is 1.75. The summed E-state index contributed by atoms with van der Waals surface area (Å²) < 4.78 is 10.3. The maximum absolute atomic E-state index is 12.4. The molecular weight excluding hydrogens is 390 g/mol. The Kier molecular flexibility index (Phi) is 7.42. The summed E-state index contributed by atoms with van der Waals surface area (Å²) in [6, 6.07) is 6.83. The molecule has 1 aromatic carbocycles. The minimum Gasteiger partial charge on any atom is -0.459 e. The minimum absolute atomic E-state index is 0.113. The molecule has 1 aliphatic rings. The number of nitrogens with zero attached hydrogens (tertiary/aromatic N) is 1. The zero-order chi connectivity index (χ0) is 22.5. The van der Waals surface area contributed by atoms with E-state index < -0.39 is 47.6 Å². The number of nitrogens with one attached hydrogen (secondary N) is 2. The molecule has 1 aromatic rings. The van der Waals surface area contributed by atoms with Crippen LogP contribution in [-0.4, -0.2) is 59.0 Å². The number of alkyl carbamates (subject to hydrolysis) is 1. The Labute approximate surface area is 176 Å². The number of hydrogen-bond acceptors (Lipinski definition) is 6. The van der Waals surface area contributed by atoms with Gasteiger partial charge in [-0.25, -0.2) is 9.59 Å². The van der Waals surface area contributed by atoms with Crippen molar-refractivity contribution < 1.29 is 28.7 Å². The topological polar surface area (TPSA) is 114 Å². The number of carbonyl (C=O) groups is 4. The number of benzene rings is 1. The quantitative estimate of drug-likeness (QED) is 0.510. The summed E-state index contributed by atoms with van der Waals surface area (Å²) in [5.74, 6) is -1.41. The van der Waals surface area contributed by atoms with Gasteiger partial charge in [-0.05, 0) is 40.2 Å². The van der Waals surface area contributed by atoms with Crippen LogP contribution in [0.5, 0.6) is 0 Å². The molecular formula is C21H29N3O6. The molecule has 30 heavy (non-hydrogen) atoms. The summed E-state index contributed by atoms with van der Waals surface area (Å²) in [5.41, 5.74) is 0.162. The van der Waals surface area contributed by atoms with Crippen molar-refractivity contribution in [3.8, 4) is 0 Å². The van der Waals surface area contributed by atoms with E-state index in [-0.39, 0.29) is 13.2 Å². The summed E-state index contributed by atoms with van der Waals surface area (Å²) in [4.78, 5) is 49.9. The summed E-state index contributed by atoms with van der Waals surface area (Å²) in [5, 5.41) is 5.00. The zero-order valence-corrected chi connectivity index (χ0v) is 17.9. The Morgan fingerprint density at radius 2 is 1.70 bits per heavy atom. The second-order valence-electron chi connectivity index (χ2n) is 8.20. The van der Waals surface area contributed by atoms with Crippen LogP contribution in [0.3, 0.4) is 0 Å². The molecule has 2 rings (SSSR count). The molecule has 3 atom stereocenters. The van der Waals surface area contributed by atoms with Gasteiger partial charge in [-0.1, -0.05) is 30.3 Å². The highest BCUT2D eigenvalue weighted by Crippen LogP contribution is 2.19. The molecule has 2 N–H and O–H groups in total. The highest BCUT2D eigenvalue weighted by molar-refractivity contribution is 5.96. The Morgan fingerprint density at radius 1 is 1.07 bits per heavy atom. The lowest BCUT2D eigenvalue weighted by Gasteiger charge is -2.21. The summed E-state index contributed by atoms with van der Waals surface area (Å²) in [6.45, 7) is 8.52. The Hall–Kier alpha value is -3.10. The van der Waals surface area contributed by atoms with Crippen molar-refractivity contribution in [3.63, 3.8) is 0 Å². The van der Waals surface area contributed by atoms with E-state index in [9.17, 15) is 19.2 Å². The van der Waals surface area contributed by atoms with E-state index in [0.717, 1.165) is 5.56 Å². The molecule has 1 aliphatic heterocycles. The van der Waals surface area contributed by atoms with E-state index in [1.54, 1.807) is 20.8 Å². The maximum atomic E-state index is 12.4. The van der Waals surface area contributed by atoms with Gasteiger partial charge in [0.2, 0.25) is 11.8 Å². The molecule has 3 amide bonds. The normalized spacial score (nSPS) is 17.4. The summed E-state index contributed by atoms with van der Waals surface area (Å²) >= 11 is 0. The number of ether oxygens (including phenoxy) is 2. The lowest BCUT2D eigenvalue weighted by Crippen LogP contribution is -2.46. The van der Waals surface area contributed by atoms with Crippen LogP contribution in [0.1, 0.15) is 40.2 Å². The molecule has 9 heteroatoms. The van der Waals surface area contributed by atoms with E-state index in [4.69, 9.17) is 9.47 Å². The number of amides is 3. The van der Waals surface area contributed by atoms with Gasteiger partial charge in [-0.3, -0.25) is 9.59 Å². The first-order chi connectivity index (χ1) is 14.0. The first kappa shape index (κ1) is 23.2. The van der Waals surface area contributed by atoms with Crippen LogP contribution in [-0.2, 0) is 30.5 Å². The molecule has 9 nitrogen and oxygen atoms in total. The molecule has 0 aromatic heterocycles. The molecule has 1 heterocycles. The third-order valence-electron chi connectivity index (χ3n) is 4.24. The van der Waals surface area contributed by atoms with Gasteiger partial charge in [0, 0.05) is 0 Å². The second-order valence-corrected chi connectivity index (χ2v) is 8.20. The fraction of sp³-hybridized carbons (Fsp3) is 0.524. The number of esters is 1. The van der Waals surface area contributed by atoms with Gasteiger partial charge in [0.05, 0.1) is 6.54 Å². The largest absolute Gasteiger partial charge is 0.459 e. The highest BCUT2D eigenvalue weighted by atomic mass is 16.6. The molecule has 1 saturated heterocycles. The molecule has 0 radical (unpaired) electrons. The van der Waals surface area contributed by atoms with Gasteiger partial charge in [0.1, 0.15) is 30.3 Å². The Morgan fingerprint density at radius 3 is 2.30 bits per heavy atom. The van der Waals surface area contributed by atoms with Gasteiger partial charge >= 0.3 is 12.1 Å². The highest BCUT2D eigenvalue weighted by Gasteiger charge is 2.46. The third-order valence-corrected chi connectivity index (χ3v) is 4.24. The number of hydrogen-bond donors (Lipinski definition) is 2. The van der Waals surface area contributed by atoms with Crippen molar-refractivity contribution in [1.29, 1.82) is 0 Å². The van der Waals surface area contributed by atoms with Crippen LogP contribution in [0.2, 0.25) is 0 Å². The molecule has 0 bridgehead atoms. The fourth-order valence-corrected chi connectivity index (χ4v) is 2.62. The number of rotatable bonds is 7. The summed E-state index contributed by atoms with van der Waals surface area (Å²) in [6.07, 6.45) is -0.707. The molecule has 0 saturated carbocycles. The zero-order valence-electron chi connectivity index (χ0n) is 17.9. The second kappa shape index (κ2) is 9.60. The average Bonchev–Trinajstić information content (AvgIpc) is 3.45. The van der Waals surface area contributed by atoms with Crippen molar-refractivity contribution in [1.82, 2.24) is 15.5 Å². The fourth-order valence-electron chi connectivity index (χ4n) is 2.62. The molecule has 0 spiro atoms. The molecule has 0 unspecified atom stereocenters. The van der Waals surface area contributed by atoms with Crippen LogP contribution >= 0.6 is 0 Å². The van der Waals surface area contributed by atoms with Gasteiger partial charge in [0.15, 0.2) is 0 Å². The van der Waals surface area contributed by atoms with E-state index in [0.29, 0.717) is 0 Å². The predicted octanol–water partition coefficient (Wildman–Crippen LogP) is 1.36. The van der Waals surface area contributed by atoms with E-state index >= 15 is 0 Å². The molecule has 1 fully saturated rings. The first-order valence-corrected chi connectivity index (χ1v) is 9.79. The van der Waals surface area contributed by atoms with Gasteiger partial charge in [-0.15, -0.1) is 0 Å². The average molecular weight is 419 g/mol. The van der Waals surface area contributed by atoms with Crippen LogP contribution in [0, 0.1) is 0 Å². The van der Waals surface area contributed by atoms with Crippen molar-refractivity contribution in [2.45, 2.75) is 65.0 Å². The number of carbonyl (C=O) groups excluding carboxylic acids is 4. The monoisotopic (exact) mass is 419 g/mol. The Bertz CT molecular complexity index is 790. The van der Waals surface area contributed by atoms with Crippen molar-refractivity contribution >= 4 is 23.9 Å². The van der Waals surface area contributed by atoms with Crippen molar-refractivity contribution in [2.24, 2.45) is 0 Å². The van der Waals surface area contributed by atoms with Crippen LogP contribution in [0.25, 0.3) is 0 Å².